The molecular formula is C33H25NS. The van der Waals surface area contributed by atoms with E-state index >= 15 is 0 Å². The molecule has 1 aliphatic rings. The summed E-state index contributed by atoms with van der Waals surface area (Å²) in [5.74, 6) is 0. The molecule has 168 valence electrons. The SMILES string of the molecule is CC1(C)c2ccccc2-c2cccc(Nc3ccccc3-c3ccc4sc5ccccc5c4c3)c21. The van der Waals surface area contributed by atoms with Gasteiger partial charge in [-0.05, 0) is 58.1 Å². The summed E-state index contributed by atoms with van der Waals surface area (Å²) in [7, 11) is 0. The van der Waals surface area contributed by atoms with E-state index in [0.717, 1.165) is 5.69 Å². The second-order valence-corrected chi connectivity index (χ2v) is 11.0. The van der Waals surface area contributed by atoms with Gasteiger partial charge in [0.05, 0.1) is 0 Å². The van der Waals surface area contributed by atoms with Crippen LogP contribution in [0.5, 0.6) is 0 Å². The molecule has 1 N–H and O–H groups in total. The van der Waals surface area contributed by atoms with E-state index in [0.29, 0.717) is 0 Å². The van der Waals surface area contributed by atoms with Crippen LogP contribution in [0.15, 0.2) is 109 Å². The molecule has 0 saturated heterocycles. The Balaban J connectivity index is 1.36. The molecule has 5 aromatic carbocycles. The summed E-state index contributed by atoms with van der Waals surface area (Å²) in [5.41, 5.74) is 10.2. The van der Waals surface area contributed by atoms with Crippen LogP contribution in [0.25, 0.3) is 42.4 Å². The van der Waals surface area contributed by atoms with Crippen LogP contribution in [-0.2, 0) is 5.41 Å². The summed E-state index contributed by atoms with van der Waals surface area (Å²) in [6, 6.07) is 39.7. The molecule has 0 radical (unpaired) electrons. The molecule has 0 fully saturated rings. The Morgan fingerprint density at radius 2 is 1.26 bits per heavy atom. The van der Waals surface area contributed by atoms with Gasteiger partial charge in [-0.2, -0.15) is 0 Å². The monoisotopic (exact) mass is 467 g/mol. The second-order valence-electron chi connectivity index (χ2n) is 9.88. The van der Waals surface area contributed by atoms with Crippen LogP contribution in [0.2, 0.25) is 0 Å². The number of para-hydroxylation sites is 1. The summed E-state index contributed by atoms with van der Waals surface area (Å²) >= 11 is 1.86. The van der Waals surface area contributed by atoms with Crippen LogP contribution in [-0.4, -0.2) is 0 Å². The molecule has 0 aliphatic heterocycles. The van der Waals surface area contributed by atoms with Gasteiger partial charge in [0.25, 0.3) is 0 Å². The molecule has 0 bridgehead atoms. The van der Waals surface area contributed by atoms with Crippen molar-refractivity contribution in [1.29, 1.82) is 0 Å². The first-order valence-electron chi connectivity index (χ1n) is 12.1. The van der Waals surface area contributed by atoms with Crippen LogP contribution in [0.4, 0.5) is 11.4 Å². The van der Waals surface area contributed by atoms with Crippen LogP contribution < -0.4 is 5.32 Å². The first-order chi connectivity index (χ1) is 17.1. The van der Waals surface area contributed by atoms with E-state index in [1.54, 1.807) is 0 Å². The summed E-state index contributed by atoms with van der Waals surface area (Å²) in [6.45, 7) is 4.68. The van der Waals surface area contributed by atoms with Crippen molar-refractivity contribution in [2.75, 3.05) is 5.32 Å². The van der Waals surface area contributed by atoms with Gasteiger partial charge in [-0.1, -0.05) is 92.7 Å². The average Bonchev–Trinajstić information content (AvgIpc) is 3.37. The van der Waals surface area contributed by atoms with Gasteiger partial charge in [0.1, 0.15) is 0 Å². The predicted octanol–water partition coefficient (Wildman–Crippen LogP) is 9.77. The number of benzene rings is 5. The zero-order valence-electron chi connectivity index (χ0n) is 19.8. The highest BCUT2D eigenvalue weighted by atomic mass is 32.1. The first kappa shape index (κ1) is 20.5. The Morgan fingerprint density at radius 1 is 0.571 bits per heavy atom. The molecule has 0 saturated carbocycles. The van der Waals surface area contributed by atoms with Crippen molar-refractivity contribution >= 4 is 42.9 Å². The molecule has 2 heteroatoms. The third-order valence-electron chi connectivity index (χ3n) is 7.46. The maximum atomic E-state index is 3.84. The summed E-state index contributed by atoms with van der Waals surface area (Å²) in [6.07, 6.45) is 0. The fraction of sp³-hybridized carbons (Fsp3) is 0.0909. The van der Waals surface area contributed by atoms with Crippen LogP contribution >= 0.6 is 11.3 Å². The number of rotatable bonds is 3. The van der Waals surface area contributed by atoms with E-state index in [4.69, 9.17) is 0 Å². The Bertz CT molecular complexity index is 1750. The lowest BCUT2D eigenvalue weighted by Gasteiger charge is -2.25. The zero-order chi connectivity index (χ0) is 23.6. The number of nitrogens with one attached hydrogen (secondary N) is 1. The zero-order valence-corrected chi connectivity index (χ0v) is 20.6. The smallest absolute Gasteiger partial charge is 0.0463 e. The van der Waals surface area contributed by atoms with Gasteiger partial charge in [0, 0.05) is 42.5 Å². The number of anilines is 2. The molecule has 0 atom stereocenters. The molecule has 1 heterocycles. The summed E-state index contributed by atoms with van der Waals surface area (Å²) in [5, 5.41) is 6.51. The molecule has 0 unspecified atom stereocenters. The van der Waals surface area contributed by atoms with Crippen molar-refractivity contribution in [3.05, 3.63) is 120 Å². The van der Waals surface area contributed by atoms with Crippen LogP contribution in [0, 0.1) is 0 Å². The molecule has 0 spiro atoms. The van der Waals surface area contributed by atoms with Crippen molar-refractivity contribution < 1.29 is 0 Å². The highest BCUT2D eigenvalue weighted by Crippen LogP contribution is 2.52. The van der Waals surface area contributed by atoms with Gasteiger partial charge >= 0.3 is 0 Å². The Kier molecular flexibility index (Phi) is 4.43. The number of hydrogen-bond acceptors (Lipinski definition) is 2. The molecule has 1 aromatic heterocycles. The third kappa shape index (κ3) is 3.07. The van der Waals surface area contributed by atoms with Crippen LogP contribution in [0.3, 0.4) is 0 Å². The van der Waals surface area contributed by atoms with Crippen molar-refractivity contribution in [3.8, 4) is 22.3 Å². The van der Waals surface area contributed by atoms with Gasteiger partial charge in [0.15, 0.2) is 0 Å². The standard InChI is InChI=1S/C33H25NS/c1-33(2)27-14-6-3-11-23(27)25-13-9-16-29(32(25)33)34-28-15-7-4-10-22(28)21-18-19-31-26(20-21)24-12-5-8-17-30(24)35-31/h3-20,34H,1-2H3. The predicted molar refractivity (Wildman–Crippen MR) is 152 cm³/mol. The summed E-state index contributed by atoms with van der Waals surface area (Å²) in [4.78, 5) is 0. The lowest BCUT2D eigenvalue weighted by Crippen LogP contribution is -2.16. The maximum absolute atomic E-state index is 3.84. The Morgan fingerprint density at radius 3 is 2.17 bits per heavy atom. The van der Waals surface area contributed by atoms with Gasteiger partial charge in [-0.25, -0.2) is 0 Å². The largest absolute Gasteiger partial charge is 0.355 e. The number of thiophene rings is 1. The topological polar surface area (TPSA) is 12.0 Å². The molecule has 1 nitrogen and oxygen atoms in total. The molecule has 0 amide bonds. The molecule has 6 aromatic rings. The fourth-order valence-electron chi connectivity index (χ4n) is 5.83. The molecule has 1 aliphatic carbocycles. The highest BCUT2D eigenvalue weighted by molar-refractivity contribution is 7.25. The minimum absolute atomic E-state index is 0.0566. The normalized spacial score (nSPS) is 13.7. The van der Waals surface area contributed by atoms with Crippen molar-refractivity contribution in [2.24, 2.45) is 0 Å². The first-order valence-corrected chi connectivity index (χ1v) is 12.9. The average molecular weight is 468 g/mol. The number of hydrogen-bond donors (Lipinski definition) is 1. The lowest BCUT2D eigenvalue weighted by atomic mass is 9.81. The van der Waals surface area contributed by atoms with Gasteiger partial charge in [-0.15, -0.1) is 11.3 Å². The van der Waals surface area contributed by atoms with E-state index in [1.165, 1.54) is 59.2 Å². The van der Waals surface area contributed by atoms with E-state index < -0.39 is 0 Å². The van der Waals surface area contributed by atoms with E-state index in [-0.39, 0.29) is 5.41 Å². The third-order valence-corrected chi connectivity index (χ3v) is 8.62. The minimum atomic E-state index is -0.0566. The van der Waals surface area contributed by atoms with Gasteiger partial charge in [0.2, 0.25) is 0 Å². The molecular weight excluding hydrogens is 442 g/mol. The second kappa shape index (κ2) is 7.56. The molecule has 35 heavy (non-hydrogen) atoms. The van der Waals surface area contributed by atoms with Crippen LogP contribution in [0.1, 0.15) is 25.0 Å². The maximum Gasteiger partial charge on any atom is 0.0463 e. The van der Waals surface area contributed by atoms with E-state index in [1.807, 2.05) is 11.3 Å². The quantitative estimate of drug-likeness (QED) is 0.273. The highest BCUT2D eigenvalue weighted by Gasteiger charge is 2.37. The van der Waals surface area contributed by atoms with E-state index in [9.17, 15) is 0 Å². The van der Waals surface area contributed by atoms with Gasteiger partial charge < -0.3 is 5.32 Å². The van der Waals surface area contributed by atoms with Crippen molar-refractivity contribution in [3.63, 3.8) is 0 Å². The van der Waals surface area contributed by atoms with E-state index in [2.05, 4.69) is 128 Å². The summed E-state index contributed by atoms with van der Waals surface area (Å²) < 4.78 is 2.67. The minimum Gasteiger partial charge on any atom is -0.355 e. The Hall–Kier alpha value is -3.88. The lowest BCUT2D eigenvalue weighted by molar-refractivity contribution is 0.662. The van der Waals surface area contributed by atoms with Gasteiger partial charge in [-0.3, -0.25) is 0 Å². The molecule has 7 rings (SSSR count). The fourth-order valence-corrected chi connectivity index (χ4v) is 6.92. The van der Waals surface area contributed by atoms with Crippen molar-refractivity contribution in [1.82, 2.24) is 0 Å². The van der Waals surface area contributed by atoms with Crippen molar-refractivity contribution in [2.45, 2.75) is 19.3 Å². The Labute approximate surface area is 209 Å². The number of fused-ring (bicyclic) bond motifs is 6.